The molecule has 1 nitrogen and oxygen atoms in total. The van der Waals surface area contributed by atoms with Gasteiger partial charge in [0, 0.05) is 10.6 Å². The predicted octanol–water partition coefficient (Wildman–Crippen LogP) is 5.84. The van der Waals surface area contributed by atoms with E-state index in [4.69, 9.17) is 11.6 Å². The lowest BCUT2D eigenvalue weighted by molar-refractivity contribution is -0.274. The zero-order valence-electron chi connectivity index (χ0n) is 10.3. The van der Waals surface area contributed by atoms with Crippen molar-refractivity contribution in [3.8, 4) is 16.9 Å². The lowest BCUT2D eigenvalue weighted by Crippen LogP contribution is -2.16. The van der Waals surface area contributed by atoms with Crippen molar-refractivity contribution >= 4 is 11.6 Å². The number of hydrogen-bond donors (Lipinski definition) is 0. The molecule has 0 N–H and O–H groups in total. The van der Waals surface area contributed by atoms with Crippen LogP contribution in [0.5, 0.6) is 5.75 Å². The fourth-order valence-corrected chi connectivity index (χ4v) is 1.98. The highest BCUT2D eigenvalue weighted by Crippen LogP contribution is 2.34. The van der Waals surface area contributed by atoms with Gasteiger partial charge in [-0.25, -0.2) is 8.78 Å². The summed E-state index contributed by atoms with van der Waals surface area (Å²) in [4.78, 5) is 0. The van der Waals surface area contributed by atoms with Crippen LogP contribution in [-0.2, 0) is 0 Å². The van der Waals surface area contributed by atoms with Crippen LogP contribution in [0.4, 0.5) is 22.0 Å². The molecule has 0 aliphatic rings. The highest BCUT2D eigenvalue weighted by molar-refractivity contribution is 6.30. The molecule has 21 heavy (non-hydrogen) atoms. The number of alkyl halides is 5. The highest BCUT2D eigenvalue weighted by Gasteiger charge is 2.31. The first-order chi connectivity index (χ1) is 9.76. The molecule has 2 rings (SSSR count). The minimum Gasteiger partial charge on any atom is -0.406 e. The standard InChI is InChI=1S/C14H8ClF5O/c15-9-3-6-11(13(16)17)12(7-9)8-1-4-10(5-2-8)21-14(18,19)20/h1-7,13H. The van der Waals surface area contributed by atoms with Crippen molar-refractivity contribution in [3.05, 3.63) is 53.1 Å². The minimum absolute atomic E-state index is 0.163. The molecule has 0 aromatic heterocycles. The molecule has 0 bridgehead atoms. The van der Waals surface area contributed by atoms with Gasteiger partial charge in [-0.3, -0.25) is 0 Å². The average molecular weight is 323 g/mol. The maximum atomic E-state index is 12.9. The predicted molar refractivity (Wildman–Crippen MR) is 68.5 cm³/mol. The van der Waals surface area contributed by atoms with Gasteiger partial charge in [-0.1, -0.05) is 29.8 Å². The minimum atomic E-state index is -4.80. The molecule has 0 saturated carbocycles. The van der Waals surface area contributed by atoms with Crippen molar-refractivity contribution in [1.29, 1.82) is 0 Å². The van der Waals surface area contributed by atoms with Gasteiger partial charge in [-0.05, 0) is 35.4 Å². The summed E-state index contributed by atoms with van der Waals surface area (Å²) in [5.74, 6) is -0.424. The van der Waals surface area contributed by atoms with Crippen LogP contribution in [-0.4, -0.2) is 6.36 Å². The fourth-order valence-electron chi connectivity index (χ4n) is 1.80. The molecule has 0 spiro atoms. The molecule has 0 radical (unpaired) electrons. The Balaban J connectivity index is 2.37. The van der Waals surface area contributed by atoms with Crippen LogP contribution in [0, 0.1) is 0 Å². The van der Waals surface area contributed by atoms with Crippen LogP contribution in [0.2, 0.25) is 5.02 Å². The van der Waals surface area contributed by atoms with E-state index in [1.807, 2.05) is 0 Å². The molecule has 0 saturated heterocycles. The van der Waals surface area contributed by atoms with Crippen LogP contribution in [0.3, 0.4) is 0 Å². The quantitative estimate of drug-likeness (QED) is 0.645. The third kappa shape index (κ3) is 4.07. The largest absolute Gasteiger partial charge is 0.573 e. The van der Waals surface area contributed by atoms with E-state index in [2.05, 4.69) is 4.74 Å². The molecular formula is C14H8ClF5O. The van der Waals surface area contributed by atoms with Crippen LogP contribution in [0.15, 0.2) is 42.5 Å². The van der Waals surface area contributed by atoms with Gasteiger partial charge in [0.2, 0.25) is 0 Å². The van der Waals surface area contributed by atoms with Gasteiger partial charge in [-0.15, -0.1) is 13.2 Å². The van der Waals surface area contributed by atoms with Crippen molar-refractivity contribution < 1.29 is 26.7 Å². The number of hydrogen-bond acceptors (Lipinski definition) is 1. The molecule has 2 aromatic carbocycles. The molecular weight excluding hydrogens is 315 g/mol. The van der Waals surface area contributed by atoms with E-state index in [0.717, 1.165) is 12.1 Å². The van der Waals surface area contributed by atoms with Gasteiger partial charge in [0.15, 0.2) is 0 Å². The van der Waals surface area contributed by atoms with Gasteiger partial charge in [-0.2, -0.15) is 0 Å². The number of halogens is 6. The van der Waals surface area contributed by atoms with Crippen molar-refractivity contribution in [2.45, 2.75) is 12.8 Å². The Bertz CT molecular complexity index is 622. The van der Waals surface area contributed by atoms with E-state index in [0.29, 0.717) is 5.56 Å². The van der Waals surface area contributed by atoms with Crippen molar-refractivity contribution in [2.24, 2.45) is 0 Å². The summed E-state index contributed by atoms with van der Waals surface area (Å²) < 4.78 is 65.7. The number of rotatable bonds is 3. The van der Waals surface area contributed by atoms with Crippen molar-refractivity contribution in [3.63, 3.8) is 0 Å². The van der Waals surface area contributed by atoms with Crippen molar-refractivity contribution in [2.75, 3.05) is 0 Å². The first-order valence-electron chi connectivity index (χ1n) is 5.70. The SMILES string of the molecule is FC(F)c1ccc(Cl)cc1-c1ccc(OC(F)(F)F)cc1. The van der Waals surface area contributed by atoms with Crippen LogP contribution in [0.1, 0.15) is 12.0 Å². The van der Waals surface area contributed by atoms with E-state index in [1.165, 1.54) is 30.3 Å². The number of benzene rings is 2. The van der Waals surface area contributed by atoms with E-state index >= 15 is 0 Å². The molecule has 0 heterocycles. The second-order valence-corrected chi connectivity index (χ2v) is 4.54. The molecule has 112 valence electrons. The summed E-state index contributed by atoms with van der Waals surface area (Å²) >= 11 is 5.77. The van der Waals surface area contributed by atoms with Crippen LogP contribution < -0.4 is 4.74 Å². The zero-order chi connectivity index (χ0) is 15.6. The summed E-state index contributed by atoms with van der Waals surface area (Å²) in [6, 6.07) is 8.48. The normalized spacial score (nSPS) is 11.8. The fraction of sp³-hybridized carbons (Fsp3) is 0.143. The Morgan fingerprint density at radius 2 is 1.57 bits per heavy atom. The van der Waals surface area contributed by atoms with Gasteiger partial charge in [0.1, 0.15) is 5.75 Å². The maximum absolute atomic E-state index is 12.9. The molecule has 7 heteroatoms. The smallest absolute Gasteiger partial charge is 0.406 e. The third-order valence-electron chi connectivity index (χ3n) is 2.65. The third-order valence-corrected chi connectivity index (χ3v) is 2.88. The van der Waals surface area contributed by atoms with E-state index in [9.17, 15) is 22.0 Å². The molecule has 0 atom stereocenters. The topological polar surface area (TPSA) is 9.23 Å². The Labute approximate surface area is 121 Å². The Hall–Kier alpha value is -1.82. The molecule has 0 aliphatic carbocycles. The highest BCUT2D eigenvalue weighted by atomic mass is 35.5. The zero-order valence-corrected chi connectivity index (χ0v) is 11.1. The summed E-state index contributed by atoms with van der Waals surface area (Å²) in [6.07, 6.45) is -7.52. The van der Waals surface area contributed by atoms with E-state index < -0.39 is 18.5 Å². The van der Waals surface area contributed by atoms with E-state index in [-0.39, 0.29) is 16.1 Å². The summed E-state index contributed by atoms with van der Waals surface area (Å²) in [5, 5.41) is 0.255. The maximum Gasteiger partial charge on any atom is 0.573 e. The van der Waals surface area contributed by atoms with Crippen LogP contribution in [0.25, 0.3) is 11.1 Å². The lowest BCUT2D eigenvalue weighted by atomic mass is 10.00. The Kier molecular flexibility index (Phi) is 4.37. The summed E-state index contributed by atoms with van der Waals surface area (Å²) in [6.45, 7) is 0. The molecule has 0 unspecified atom stereocenters. The molecule has 0 aliphatic heterocycles. The Morgan fingerprint density at radius 3 is 2.10 bits per heavy atom. The lowest BCUT2D eigenvalue weighted by Gasteiger charge is -2.12. The number of ether oxygens (including phenoxy) is 1. The van der Waals surface area contributed by atoms with Gasteiger partial charge in [0.25, 0.3) is 6.43 Å². The Morgan fingerprint density at radius 1 is 0.952 bits per heavy atom. The molecule has 2 aromatic rings. The first kappa shape index (κ1) is 15.6. The van der Waals surface area contributed by atoms with Crippen LogP contribution >= 0.6 is 11.6 Å². The molecule has 0 fully saturated rings. The van der Waals surface area contributed by atoms with E-state index in [1.54, 1.807) is 0 Å². The van der Waals surface area contributed by atoms with Gasteiger partial charge < -0.3 is 4.74 Å². The first-order valence-corrected chi connectivity index (χ1v) is 6.08. The van der Waals surface area contributed by atoms with Crippen molar-refractivity contribution in [1.82, 2.24) is 0 Å². The van der Waals surface area contributed by atoms with Gasteiger partial charge >= 0.3 is 6.36 Å². The summed E-state index contributed by atoms with van der Waals surface area (Å²) in [5.41, 5.74) is 0.238. The summed E-state index contributed by atoms with van der Waals surface area (Å²) in [7, 11) is 0. The average Bonchev–Trinajstić information content (AvgIpc) is 2.37. The van der Waals surface area contributed by atoms with Gasteiger partial charge in [0.05, 0.1) is 0 Å². The second-order valence-electron chi connectivity index (χ2n) is 4.10. The second kappa shape index (κ2) is 5.89. The molecule has 0 amide bonds. The monoisotopic (exact) mass is 322 g/mol.